The number of hydrogen-bond acceptors (Lipinski definition) is 5. The Kier molecular flexibility index (Phi) is 6.07. The van der Waals surface area contributed by atoms with Gasteiger partial charge < -0.3 is 0 Å². The van der Waals surface area contributed by atoms with Crippen LogP contribution < -0.4 is 0 Å². The summed E-state index contributed by atoms with van der Waals surface area (Å²) in [5, 5.41) is 2.23. The van der Waals surface area contributed by atoms with Crippen LogP contribution in [0.3, 0.4) is 0 Å². The highest BCUT2D eigenvalue weighted by molar-refractivity contribution is 5.90. The molecule has 0 saturated heterocycles. The minimum atomic E-state index is 0.645. The van der Waals surface area contributed by atoms with E-state index in [0.717, 1.165) is 49.8 Å². The average molecular weight is 514 g/mol. The summed E-state index contributed by atoms with van der Waals surface area (Å²) >= 11 is 0. The zero-order chi connectivity index (χ0) is 26.7. The van der Waals surface area contributed by atoms with Crippen molar-refractivity contribution in [3.8, 4) is 56.5 Å². The second-order valence-electron chi connectivity index (χ2n) is 9.49. The van der Waals surface area contributed by atoms with Crippen molar-refractivity contribution >= 4 is 10.8 Å². The van der Waals surface area contributed by atoms with Crippen LogP contribution in [0.25, 0.3) is 67.3 Å². The maximum Gasteiger partial charge on any atom is 0.164 e. The lowest BCUT2D eigenvalue weighted by atomic mass is 10.0. The third-order valence-corrected chi connectivity index (χ3v) is 6.85. The third kappa shape index (κ3) is 4.72. The first-order chi connectivity index (χ1) is 19.8. The molecule has 5 nitrogen and oxygen atoms in total. The summed E-state index contributed by atoms with van der Waals surface area (Å²) in [5.74, 6) is 1.95. The number of nitrogens with zero attached hydrogens (tertiary/aromatic N) is 5. The summed E-state index contributed by atoms with van der Waals surface area (Å²) in [4.78, 5) is 23.5. The molecule has 3 aromatic heterocycles. The number of hydrogen-bond donors (Lipinski definition) is 0. The lowest BCUT2D eigenvalue weighted by Crippen LogP contribution is -2.00. The monoisotopic (exact) mass is 513 g/mol. The SMILES string of the molecule is c1ccc(-c2nc(-c3ccccc3)nc(-c3ccc4cc(-c5ccc(-c6cccnc6)cn5)ccc4c3)n2)cc1. The van der Waals surface area contributed by atoms with Crippen LogP contribution >= 0.6 is 0 Å². The molecule has 4 aromatic carbocycles. The van der Waals surface area contributed by atoms with Crippen LogP contribution in [0.4, 0.5) is 0 Å². The molecule has 7 aromatic rings. The van der Waals surface area contributed by atoms with Crippen molar-refractivity contribution < 1.29 is 0 Å². The Morgan fingerprint density at radius 2 is 0.900 bits per heavy atom. The Morgan fingerprint density at radius 3 is 1.48 bits per heavy atom. The van der Waals surface area contributed by atoms with E-state index < -0.39 is 0 Å². The summed E-state index contributed by atoms with van der Waals surface area (Å²) in [6.07, 6.45) is 5.52. The molecule has 0 spiro atoms. The first-order valence-corrected chi connectivity index (χ1v) is 13.1. The van der Waals surface area contributed by atoms with Gasteiger partial charge >= 0.3 is 0 Å². The van der Waals surface area contributed by atoms with Crippen LogP contribution in [0.1, 0.15) is 0 Å². The van der Waals surface area contributed by atoms with Crippen LogP contribution in [0.2, 0.25) is 0 Å². The quantitative estimate of drug-likeness (QED) is 0.232. The molecule has 0 bridgehead atoms. The molecule has 0 aliphatic rings. The molecule has 0 aliphatic carbocycles. The van der Waals surface area contributed by atoms with Crippen molar-refractivity contribution in [1.82, 2.24) is 24.9 Å². The van der Waals surface area contributed by atoms with Gasteiger partial charge in [0.1, 0.15) is 0 Å². The van der Waals surface area contributed by atoms with E-state index in [-0.39, 0.29) is 0 Å². The molecule has 188 valence electrons. The summed E-state index contributed by atoms with van der Waals surface area (Å²) in [7, 11) is 0. The second kappa shape index (κ2) is 10.3. The highest BCUT2D eigenvalue weighted by atomic mass is 15.0. The fourth-order valence-corrected chi connectivity index (χ4v) is 4.75. The Labute approximate surface area is 231 Å². The van der Waals surface area contributed by atoms with Gasteiger partial charge in [0, 0.05) is 52.0 Å². The van der Waals surface area contributed by atoms with Gasteiger partial charge in [0.2, 0.25) is 0 Å². The van der Waals surface area contributed by atoms with Crippen LogP contribution in [0.5, 0.6) is 0 Å². The number of benzene rings is 4. The van der Waals surface area contributed by atoms with Gasteiger partial charge in [0.05, 0.1) is 5.69 Å². The molecule has 0 fully saturated rings. The zero-order valence-electron chi connectivity index (χ0n) is 21.5. The molecule has 0 aliphatic heterocycles. The van der Waals surface area contributed by atoms with E-state index in [4.69, 9.17) is 19.9 Å². The molecule has 0 unspecified atom stereocenters. The van der Waals surface area contributed by atoms with Crippen LogP contribution in [-0.4, -0.2) is 24.9 Å². The molecule has 5 heteroatoms. The van der Waals surface area contributed by atoms with Crippen molar-refractivity contribution in [1.29, 1.82) is 0 Å². The van der Waals surface area contributed by atoms with Gasteiger partial charge in [-0.3, -0.25) is 9.97 Å². The highest BCUT2D eigenvalue weighted by Crippen LogP contribution is 2.29. The predicted octanol–water partition coefficient (Wildman–Crippen LogP) is 8.15. The van der Waals surface area contributed by atoms with Crippen molar-refractivity contribution in [2.45, 2.75) is 0 Å². The van der Waals surface area contributed by atoms with Gasteiger partial charge in [-0.05, 0) is 35.0 Å². The van der Waals surface area contributed by atoms with Crippen LogP contribution in [0.15, 0.2) is 140 Å². The van der Waals surface area contributed by atoms with E-state index in [1.54, 1.807) is 6.20 Å². The lowest BCUT2D eigenvalue weighted by molar-refractivity contribution is 1.07. The molecule has 40 heavy (non-hydrogen) atoms. The number of fused-ring (bicyclic) bond motifs is 1. The summed E-state index contributed by atoms with van der Waals surface area (Å²) in [6, 6.07) is 40.9. The fourth-order valence-electron chi connectivity index (χ4n) is 4.75. The fraction of sp³-hybridized carbons (Fsp3) is 0. The number of aromatic nitrogens is 5. The molecule has 3 heterocycles. The van der Waals surface area contributed by atoms with E-state index in [1.807, 2.05) is 85.2 Å². The Bertz CT molecular complexity index is 1860. The molecule has 0 amide bonds. The zero-order valence-corrected chi connectivity index (χ0v) is 21.5. The number of pyridine rings is 2. The van der Waals surface area contributed by atoms with Crippen molar-refractivity contribution in [3.05, 3.63) is 140 Å². The Morgan fingerprint density at radius 1 is 0.375 bits per heavy atom. The third-order valence-electron chi connectivity index (χ3n) is 6.85. The first-order valence-electron chi connectivity index (χ1n) is 13.1. The van der Waals surface area contributed by atoms with Crippen LogP contribution in [-0.2, 0) is 0 Å². The van der Waals surface area contributed by atoms with Crippen molar-refractivity contribution in [2.24, 2.45) is 0 Å². The standard InChI is InChI=1S/C35H23N5/c1-3-8-24(9-4-1)33-38-34(25-10-5-2-6-11-25)40-35(39-33)29-16-14-26-20-28(15-13-27(26)21-29)32-18-17-31(23-37-32)30-12-7-19-36-22-30/h1-23H. The second-order valence-corrected chi connectivity index (χ2v) is 9.49. The van der Waals surface area contributed by atoms with E-state index in [0.29, 0.717) is 17.5 Å². The summed E-state index contributed by atoms with van der Waals surface area (Å²) in [6.45, 7) is 0. The molecule has 0 N–H and O–H groups in total. The minimum absolute atomic E-state index is 0.645. The smallest absolute Gasteiger partial charge is 0.164 e. The number of rotatable bonds is 5. The van der Waals surface area contributed by atoms with Gasteiger partial charge in [-0.2, -0.15) is 0 Å². The Balaban J connectivity index is 1.25. The molecule has 0 saturated carbocycles. The molecule has 0 atom stereocenters. The average Bonchev–Trinajstić information content (AvgIpc) is 3.05. The van der Waals surface area contributed by atoms with Gasteiger partial charge in [-0.1, -0.05) is 97.1 Å². The van der Waals surface area contributed by atoms with Crippen molar-refractivity contribution in [3.63, 3.8) is 0 Å². The lowest BCUT2D eigenvalue weighted by Gasteiger charge is -2.10. The van der Waals surface area contributed by atoms with Crippen LogP contribution in [0, 0.1) is 0 Å². The predicted molar refractivity (Wildman–Crippen MR) is 160 cm³/mol. The van der Waals surface area contributed by atoms with E-state index >= 15 is 0 Å². The van der Waals surface area contributed by atoms with E-state index in [1.165, 1.54) is 0 Å². The van der Waals surface area contributed by atoms with Gasteiger partial charge in [0.15, 0.2) is 17.5 Å². The van der Waals surface area contributed by atoms with Gasteiger partial charge in [0.25, 0.3) is 0 Å². The van der Waals surface area contributed by atoms with E-state index in [9.17, 15) is 0 Å². The molecule has 0 radical (unpaired) electrons. The molecular weight excluding hydrogens is 490 g/mol. The van der Waals surface area contributed by atoms with E-state index in [2.05, 4.69) is 53.5 Å². The topological polar surface area (TPSA) is 64.5 Å². The first kappa shape index (κ1) is 23.6. The minimum Gasteiger partial charge on any atom is -0.264 e. The van der Waals surface area contributed by atoms with Crippen molar-refractivity contribution in [2.75, 3.05) is 0 Å². The maximum absolute atomic E-state index is 4.87. The Hall–Kier alpha value is -5.55. The molecule has 7 rings (SSSR count). The largest absolute Gasteiger partial charge is 0.264 e. The summed E-state index contributed by atoms with van der Waals surface area (Å²) in [5.41, 5.74) is 6.94. The highest BCUT2D eigenvalue weighted by Gasteiger charge is 2.13. The summed E-state index contributed by atoms with van der Waals surface area (Å²) < 4.78 is 0. The maximum atomic E-state index is 4.87. The normalized spacial score (nSPS) is 11.0. The van der Waals surface area contributed by atoms with Gasteiger partial charge in [-0.15, -0.1) is 0 Å². The molecular formula is C35H23N5. The van der Waals surface area contributed by atoms with Gasteiger partial charge in [-0.25, -0.2) is 15.0 Å².